The van der Waals surface area contributed by atoms with Crippen molar-refractivity contribution in [1.82, 2.24) is 20.4 Å². The second-order valence-electron chi connectivity index (χ2n) is 8.16. The third kappa shape index (κ3) is 5.16. The highest BCUT2D eigenvalue weighted by Crippen LogP contribution is 2.22. The van der Waals surface area contributed by atoms with Gasteiger partial charge in [-0.2, -0.15) is 4.98 Å². The number of nitrogens with one attached hydrogen (secondary N) is 1. The molecule has 1 aromatic carbocycles. The lowest BCUT2D eigenvalue weighted by Crippen LogP contribution is -2.48. The minimum absolute atomic E-state index is 0.0950. The number of carbonyl (C=O) groups is 1. The second kappa shape index (κ2) is 8.21. The molecule has 2 aromatic rings. The first-order valence-corrected chi connectivity index (χ1v) is 9.80. The van der Waals surface area contributed by atoms with E-state index in [1.54, 1.807) is 0 Å². The number of amides is 1. The summed E-state index contributed by atoms with van der Waals surface area (Å²) in [4.78, 5) is 19.3. The monoisotopic (exact) mass is 370 g/mol. The molecule has 2 heterocycles. The van der Waals surface area contributed by atoms with Crippen LogP contribution in [0.25, 0.3) is 11.4 Å². The van der Waals surface area contributed by atoms with E-state index in [-0.39, 0.29) is 17.4 Å². The summed E-state index contributed by atoms with van der Waals surface area (Å²) in [6.07, 6.45) is 2.66. The molecule has 0 bridgehead atoms. The van der Waals surface area contributed by atoms with Crippen LogP contribution in [-0.4, -0.2) is 39.6 Å². The number of hydrogen-bond donors (Lipinski definition) is 1. The lowest BCUT2D eigenvalue weighted by atomic mass is 9.93. The highest BCUT2D eigenvalue weighted by Gasteiger charge is 2.28. The largest absolute Gasteiger partial charge is 0.351 e. The van der Waals surface area contributed by atoms with Crippen molar-refractivity contribution in [2.75, 3.05) is 13.1 Å². The smallest absolute Gasteiger partial charge is 0.241 e. The van der Waals surface area contributed by atoms with Crippen molar-refractivity contribution in [2.24, 2.45) is 5.92 Å². The molecule has 3 rings (SSSR count). The Morgan fingerprint density at radius 2 is 2.07 bits per heavy atom. The molecular formula is C21H30N4O2. The maximum atomic E-state index is 12.5. The van der Waals surface area contributed by atoms with Crippen molar-refractivity contribution in [3.63, 3.8) is 0 Å². The molecule has 146 valence electrons. The van der Waals surface area contributed by atoms with Gasteiger partial charge in [-0.05, 0) is 59.2 Å². The van der Waals surface area contributed by atoms with Gasteiger partial charge in [0.2, 0.25) is 17.6 Å². The van der Waals surface area contributed by atoms with E-state index in [2.05, 4.69) is 47.2 Å². The zero-order valence-electron chi connectivity index (χ0n) is 16.8. The molecule has 1 aliphatic heterocycles. The van der Waals surface area contributed by atoms with Gasteiger partial charge in [0.1, 0.15) is 0 Å². The van der Waals surface area contributed by atoms with Crippen LogP contribution in [0.5, 0.6) is 0 Å². The maximum absolute atomic E-state index is 12.5. The molecule has 0 unspecified atom stereocenters. The van der Waals surface area contributed by atoms with Gasteiger partial charge < -0.3 is 9.84 Å². The van der Waals surface area contributed by atoms with Crippen molar-refractivity contribution in [3.05, 3.63) is 35.7 Å². The molecule has 0 saturated carbocycles. The van der Waals surface area contributed by atoms with Crippen LogP contribution >= 0.6 is 0 Å². The molecule has 1 amide bonds. The van der Waals surface area contributed by atoms with Crippen LogP contribution in [0.2, 0.25) is 0 Å². The minimum atomic E-state index is -0.135. The Bertz CT molecular complexity index is 776. The summed E-state index contributed by atoms with van der Waals surface area (Å²) in [5.74, 6) is 1.53. The number of aryl methyl sites for hydroxylation is 1. The van der Waals surface area contributed by atoms with Crippen LogP contribution in [0.4, 0.5) is 0 Å². The fraction of sp³-hybridized carbons (Fsp3) is 0.571. The number of likely N-dealkylation sites (tertiary alicyclic amines) is 1. The number of hydrogen-bond acceptors (Lipinski definition) is 5. The summed E-state index contributed by atoms with van der Waals surface area (Å²) < 4.78 is 5.43. The van der Waals surface area contributed by atoms with Crippen LogP contribution in [0.1, 0.15) is 51.5 Å². The van der Waals surface area contributed by atoms with E-state index < -0.39 is 0 Å². The molecule has 1 aromatic heterocycles. The van der Waals surface area contributed by atoms with Crippen molar-refractivity contribution in [3.8, 4) is 11.4 Å². The third-order valence-electron chi connectivity index (χ3n) is 5.41. The van der Waals surface area contributed by atoms with Gasteiger partial charge in [-0.15, -0.1) is 0 Å². The molecule has 0 atom stereocenters. The number of rotatable bonds is 6. The Morgan fingerprint density at radius 1 is 1.33 bits per heavy atom. The van der Waals surface area contributed by atoms with Crippen LogP contribution in [0.15, 0.2) is 28.8 Å². The number of carbonyl (C=O) groups excluding carboxylic acids is 1. The predicted octanol–water partition coefficient (Wildman–Crippen LogP) is 3.56. The summed E-state index contributed by atoms with van der Waals surface area (Å²) in [6, 6.07) is 8.09. The van der Waals surface area contributed by atoms with Gasteiger partial charge in [-0.25, -0.2) is 0 Å². The van der Waals surface area contributed by atoms with Gasteiger partial charge in [0, 0.05) is 17.0 Å². The highest BCUT2D eigenvalue weighted by molar-refractivity contribution is 5.79. The Balaban J connectivity index is 1.52. The summed E-state index contributed by atoms with van der Waals surface area (Å²) in [5.41, 5.74) is 2.01. The highest BCUT2D eigenvalue weighted by atomic mass is 16.5. The number of benzene rings is 1. The molecule has 6 heteroatoms. The van der Waals surface area contributed by atoms with E-state index >= 15 is 0 Å². The number of aromatic nitrogens is 2. The van der Waals surface area contributed by atoms with Crippen LogP contribution < -0.4 is 5.32 Å². The Morgan fingerprint density at radius 3 is 2.74 bits per heavy atom. The normalized spacial score (nSPS) is 16.4. The molecule has 1 aliphatic rings. The van der Waals surface area contributed by atoms with Crippen molar-refractivity contribution in [2.45, 2.75) is 59.0 Å². The number of piperidine rings is 1. The minimum Gasteiger partial charge on any atom is -0.351 e. The van der Waals surface area contributed by atoms with Gasteiger partial charge in [-0.1, -0.05) is 35.8 Å². The third-order valence-corrected chi connectivity index (χ3v) is 5.41. The zero-order chi connectivity index (χ0) is 19.4. The van der Waals surface area contributed by atoms with Crippen LogP contribution in [-0.2, 0) is 11.3 Å². The molecule has 1 fully saturated rings. The maximum Gasteiger partial charge on any atom is 0.241 e. The summed E-state index contributed by atoms with van der Waals surface area (Å²) >= 11 is 0. The lowest BCUT2D eigenvalue weighted by Gasteiger charge is -2.33. The van der Waals surface area contributed by atoms with Crippen molar-refractivity contribution >= 4 is 5.91 Å². The summed E-state index contributed by atoms with van der Waals surface area (Å²) in [6.45, 7) is 10.7. The fourth-order valence-corrected chi connectivity index (χ4v) is 3.29. The van der Waals surface area contributed by atoms with Gasteiger partial charge in [0.15, 0.2) is 0 Å². The lowest BCUT2D eigenvalue weighted by molar-refractivity contribution is -0.128. The van der Waals surface area contributed by atoms with E-state index in [1.807, 2.05) is 25.1 Å². The molecular weight excluding hydrogens is 340 g/mol. The van der Waals surface area contributed by atoms with E-state index in [4.69, 9.17) is 4.52 Å². The molecule has 27 heavy (non-hydrogen) atoms. The molecule has 1 saturated heterocycles. The fourth-order valence-electron chi connectivity index (χ4n) is 3.29. The predicted molar refractivity (Wildman–Crippen MR) is 105 cm³/mol. The average Bonchev–Trinajstić information content (AvgIpc) is 3.10. The van der Waals surface area contributed by atoms with E-state index in [1.165, 1.54) is 5.56 Å². The van der Waals surface area contributed by atoms with E-state index in [9.17, 15) is 4.79 Å². The molecule has 1 N–H and O–H groups in total. The van der Waals surface area contributed by atoms with Gasteiger partial charge in [0.25, 0.3) is 0 Å². The standard InChI is InChI=1S/C21H30N4O2/c1-5-21(3,4)23-20(26)16-9-11-25(12-10-16)14-18-22-19(24-27-18)17-8-6-7-15(2)13-17/h6-8,13,16H,5,9-12,14H2,1-4H3,(H,23,26). The first kappa shape index (κ1) is 19.5. The van der Waals surface area contributed by atoms with Gasteiger partial charge >= 0.3 is 0 Å². The van der Waals surface area contributed by atoms with Gasteiger partial charge in [-0.3, -0.25) is 9.69 Å². The zero-order valence-corrected chi connectivity index (χ0v) is 16.8. The quantitative estimate of drug-likeness (QED) is 0.842. The van der Waals surface area contributed by atoms with Crippen LogP contribution in [0, 0.1) is 12.8 Å². The Labute approximate surface area is 161 Å². The Kier molecular flexibility index (Phi) is 5.95. The van der Waals surface area contributed by atoms with E-state index in [0.29, 0.717) is 18.3 Å². The SMILES string of the molecule is CCC(C)(C)NC(=O)C1CCN(Cc2nc(-c3cccc(C)c3)no2)CC1. The topological polar surface area (TPSA) is 71.3 Å². The van der Waals surface area contributed by atoms with Crippen molar-refractivity contribution < 1.29 is 9.32 Å². The van der Waals surface area contributed by atoms with E-state index in [0.717, 1.165) is 37.9 Å². The first-order valence-electron chi connectivity index (χ1n) is 9.80. The molecule has 0 aliphatic carbocycles. The summed E-state index contributed by atoms with van der Waals surface area (Å²) in [5, 5.41) is 7.28. The summed E-state index contributed by atoms with van der Waals surface area (Å²) in [7, 11) is 0. The van der Waals surface area contributed by atoms with Crippen molar-refractivity contribution in [1.29, 1.82) is 0 Å². The first-order chi connectivity index (χ1) is 12.9. The molecule has 0 spiro atoms. The average molecular weight is 370 g/mol. The second-order valence-corrected chi connectivity index (χ2v) is 8.16. The Hall–Kier alpha value is -2.21. The molecule has 6 nitrogen and oxygen atoms in total. The van der Waals surface area contributed by atoms with Crippen LogP contribution in [0.3, 0.4) is 0 Å². The molecule has 0 radical (unpaired) electrons. The number of nitrogens with zero attached hydrogens (tertiary/aromatic N) is 3. The van der Waals surface area contributed by atoms with Gasteiger partial charge in [0.05, 0.1) is 6.54 Å².